The number of nitrogens with zero attached hydrogens (tertiary/aromatic N) is 2. The molecule has 3 aromatic rings. The van der Waals surface area contributed by atoms with E-state index in [2.05, 4.69) is 15.3 Å². The maximum Gasteiger partial charge on any atom is 0.228 e. The third kappa shape index (κ3) is 3.10. The summed E-state index contributed by atoms with van der Waals surface area (Å²) in [5.74, 6) is 0.175. The Morgan fingerprint density at radius 2 is 1.64 bits per heavy atom. The second kappa shape index (κ2) is 6.53. The van der Waals surface area contributed by atoms with Gasteiger partial charge in [0.15, 0.2) is 5.84 Å². The highest BCUT2D eigenvalue weighted by atomic mass is 16.1. The van der Waals surface area contributed by atoms with Gasteiger partial charge in [0, 0.05) is 17.3 Å². The fourth-order valence-electron chi connectivity index (χ4n) is 2.70. The van der Waals surface area contributed by atoms with Crippen molar-refractivity contribution in [3.63, 3.8) is 0 Å². The number of para-hydroxylation sites is 1. The van der Waals surface area contributed by atoms with Gasteiger partial charge in [-0.25, -0.2) is 4.99 Å². The molecule has 2 heterocycles. The van der Waals surface area contributed by atoms with Crippen LogP contribution in [0.3, 0.4) is 0 Å². The number of pyridine rings is 1. The van der Waals surface area contributed by atoms with E-state index in [4.69, 9.17) is 0 Å². The van der Waals surface area contributed by atoms with E-state index in [9.17, 15) is 4.79 Å². The predicted octanol–water partition coefficient (Wildman–Crippen LogP) is 4.10. The summed E-state index contributed by atoms with van der Waals surface area (Å²) in [6.07, 6.45) is 3.66. The first-order valence-electron chi connectivity index (χ1n) is 7.99. The van der Waals surface area contributed by atoms with Crippen LogP contribution in [-0.4, -0.2) is 16.6 Å². The molecule has 4 heteroatoms. The number of rotatable bonds is 3. The van der Waals surface area contributed by atoms with Crippen LogP contribution in [0.1, 0.15) is 21.6 Å². The number of Topliss-reactive ketones (excluding diaryl/α,β-unsaturated/α-hetero) is 1. The fraction of sp³-hybridized carbons (Fsp3) is 0. The van der Waals surface area contributed by atoms with E-state index >= 15 is 0 Å². The Kier molecular flexibility index (Phi) is 3.92. The van der Waals surface area contributed by atoms with E-state index < -0.39 is 0 Å². The molecule has 4 nitrogen and oxygen atoms in total. The number of carbonyl (C=O) groups excluding carboxylic acids is 1. The summed E-state index contributed by atoms with van der Waals surface area (Å²) in [6, 6.07) is 22.6. The van der Waals surface area contributed by atoms with Gasteiger partial charge in [-0.3, -0.25) is 9.78 Å². The Bertz CT molecular complexity index is 976. The number of aromatic nitrogens is 1. The summed E-state index contributed by atoms with van der Waals surface area (Å²) in [5.41, 5.74) is 3.93. The number of hydrogen-bond donors (Lipinski definition) is 1. The second-order valence-electron chi connectivity index (χ2n) is 5.61. The van der Waals surface area contributed by atoms with Crippen LogP contribution < -0.4 is 5.32 Å². The Labute approximate surface area is 145 Å². The number of aliphatic imine (C=N–C) groups is 1. The van der Waals surface area contributed by atoms with Crippen LogP contribution in [0.25, 0.3) is 11.8 Å². The van der Waals surface area contributed by atoms with Crippen LogP contribution in [0.5, 0.6) is 0 Å². The molecule has 2 aromatic carbocycles. The molecule has 0 spiro atoms. The lowest BCUT2D eigenvalue weighted by molar-refractivity contribution is 0.106. The van der Waals surface area contributed by atoms with E-state index in [1.165, 1.54) is 0 Å². The number of hydrogen-bond acceptors (Lipinski definition) is 4. The molecule has 0 atom stereocenters. The summed E-state index contributed by atoms with van der Waals surface area (Å²) in [6.45, 7) is 0. The lowest BCUT2D eigenvalue weighted by atomic mass is 10.0. The van der Waals surface area contributed by atoms with Gasteiger partial charge in [0.25, 0.3) is 0 Å². The van der Waals surface area contributed by atoms with Crippen LogP contribution >= 0.6 is 0 Å². The van der Waals surface area contributed by atoms with Crippen LogP contribution in [0.4, 0.5) is 5.69 Å². The number of nitrogens with one attached hydrogen (secondary N) is 1. The first-order chi connectivity index (χ1) is 12.3. The van der Waals surface area contributed by atoms with Gasteiger partial charge in [-0.2, -0.15) is 0 Å². The third-order valence-corrected chi connectivity index (χ3v) is 3.91. The standard InChI is InChI=1S/C21H15N3O/c25-20(15-8-2-1-3-9-15)21-23-18-12-5-4-11-17(18)19(24-21)14-16-10-6-7-13-22-16/h1-14H,(H,23,24)/b19-14+. The number of fused-ring (bicyclic) bond motifs is 1. The van der Waals surface area contributed by atoms with Crippen molar-refractivity contribution >= 4 is 29.1 Å². The average Bonchev–Trinajstić information content (AvgIpc) is 2.69. The molecule has 0 radical (unpaired) electrons. The van der Waals surface area contributed by atoms with Gasteiger partial charge >= 0.3 is 0 Å². The predicted molar refractivity (Wildman–Crippen MR) is 99.6 cm³/mol. The molecule has 25 heavy (non-hydrogen) atoms. The minimum Gasteiger partial charge on any atom is -0.336 e. The molecular weight excluding hydrogens is 310 g/mol. The zero-order valence-electron chi connectivity index (χ0n) is 13.4. The molecule has 120 valence electrons. The Hall–Kier alpha value is -3.53. The number of benzene rings is 2. The maximum atomic E-state index is 12.8. The molecule has 0 amide bonds. The molecule has 0 aliphatic carbocycles. The average molecular weight is 325 g/mol. The molecule has 0 saturated carbocycles. The van der Waals surface area contributed by atoms with Crippen molar-refractivity contribution in [3.05, 3.63) is 95.8 Å². The number of carbonyl (C=O) groups is 1. The highest BCUT2D eigenvalue weighted by Gasteiger charge is 2.22. The van der Waals surface area contributed by atoms with Crippen molar-refractivity contribution in [1.82, 2.24) is 10.3 Å². The molecule has 0 unspecified atom stereocenters. The van der Waals surface area contributed by atoms with Gasteiger partial charge < -0.3 is 5.32 Å². The topological polar surface area (TPSA) is 54.4 Å². The highest BCUT2D eigenvalue weighted by molar-refractivity contribution is 6.47. The van der Waals surface area contributed by atoms with Gasteiger partial charge in [-0.15, -0.1) is 0 Å². The Morgan fingerprint density at radius 1 is 0.880 bits per heavy atom. The molecule has 1 aliphatic heterocycles. The smallest absolute Gasteiger partial charge is 0.228 e. The third-order valence-electron chi connectivity index (χ3n) is 3.91. The van der Waals surface area contributed by atoms with E-state index in [1.807, 2.05) is 66.7 Å². The second-order valence-corrected chi connectivity index (χ2v) is 5.61. The number of amidine groups is 1. The summed E-state index contributed by atoms with van der Waals surface area (Å²) in [5, 5.41) is 3.18. The zero-order valence-corrected chi connectivity index (χ0v) is 13.4. The van der Waals surface area contributed by atoms with Gasteiger partial charge in [-0.05, 0) is 24.3 Å². The van der Waals surface area contributed by atoms with Crippen molar-refractivity contribution in [2.45, 2.75) is 0 Å². The normalized spacial score (nSPS) is 14.4. The quantitative estimate of drug-likeness (QED) is 0.738. The molecule has 0 saturated heterocycles. The largest absolute Gasteiger partial charge is 0.336 e. The van der Waals surface area contributed by atoms with E-state index in [0.29, 0.717) is 11.4 Å². The summed E-state index contributed by atoms with van der Waals surface area (Å²) in [4.78, 5) is 21.6. The monoisotopic (exact) mass is 325 g/mol. The summed E-state index contributed by atoms with van der Waals surface area (Å²) >= 11 is 0. The van der Waals surface area contributed by atoms with Crippen molar-refractivity contribution in [3.8, 4) is 0 Å². The lowest BCUT2D eigenvalue weighted by Gasteiger charge is -2.20. The van der Waals surface area contributed by atoms with Gasteiger partial charge in [-0.1, -0.05) is 54.6 Å². The summed E-state index contributed by atoms with van der Waals surface area (Å²) < 4.78 is 0. The van der Waals surface area contributed by atoms with Gasteiger partial charge in [0.05, 0.1) is 17.1 Å². The van der Waals surface area contributed by atoms with Crippen molar-refractivity contribution < 1.29 is 4.79 Å². The van der Waals surface area contributed by atoms with Crippen LogP contribution in [0.15, 0.2) is 84.0 Å². The highest BCUT2D eigenvalue weighted by Crippen LogP contribution is 2.30. The maximum absolute atomic E-state index is 12.8. The van der Waals surface area contributed by atoms with Gasteiger partial charge in [0.2, 0.25) is 5.78 Å². The van der Waals surface area contributed by atoms with E-state index in [0.717, 1.165) is 22.6 Å². The Morgan fingerprint density at radius 3 is 2.44 bits per heavy atom. The molecule has 0 fully saturated rings. The van der Waals surface area contributed by atoms with E-state index in [-0.39, 0.29) is 5.78 Å². The van der Waals surface area contributed by atoms with Crippen LogP contribution in [0.2, 0.25) is 0 Å². The van der Waals surface area contributed by atoms with Crippen molar-refractivity contribution in [2.24, 2.45) is 4.99 Å². The lowest BCUT2D eigenvalue weighted by Crippen LogP contribution is -2.32. The summed E-state index contributed by atoms with van der Waals surface area (Å²) in [7, 11) is 0. The molecular formula is C21H15N3O. The van der Waals surface area contributed by atoms with Gasteiger partial charge in [0.1, 0.15) is 0 Å². The van der Waals surface area contributed by atoms with Crippen molar-refractivity contribution in [1.29, 1.82) is 0 Å². The SMILES string of the molecule is O=C(C1=Nc2ccccc2/C(=C\c2ccccn2)N1)c1ccccc1. The molecule has 4 rings (SSSR count). The van der Waals surface area contributed by atoms with E-state index in [1.54, 1.807) is 18.3 Å². The number of ketones is 1. The van der Waals surface area contributed by atoms with Crippen LogP contribution in [0, 0.1) is 0 Å². The first kappa shape index (κ1) is 15.0. The molecule has 0 bridgehead atoms. The Balaban J connectivity index is 1.78. The minimum absolute atomic E-state index is 0.137. The first-order valence-corrected chi connectivity index (χ1v) is 7.99. The molecule has 1 aliphatic rings. The molecule has 1 N–H and O–H groups in total. The zero-order chi connectivity index (χ0) is 17.1. The van der Waals surface area contributed by atoms with Crippen molar-refractivity contribution in [2.75, 3.05) is 0 Å². The molecule has 1 aromatic heterocycles. The minimum atomic E-state index is -0.137. The van der Waals surface area contributed by atoms with Crippen LogP contribution in [-0.2, 0) is 0 Å². The fourth-order valence-corrected chi connectivity index (χ4v) is 2.70.